The molecule has 122 valence electrons. The molecule has 1 unspecified atom stereocenters. The third-order valence-electron chi connectivity index (χ3n) is 5.62. The Hall–Kier alpha value is -0.610. The normalized spacial score (nSPS) is 32.8. The summed E-state index contributed by atoms with van der Waals surface area (Å²) < 4.78 is 0. The molecule has 0 saturated heterocycles. The summed E-state index contributed by atoms with van der Waals surface area (Å²) in [5.74, 6) is -0.216. The van der Waals surface area contributed by atoms with E-state index < -0.39 is 11.6 Å². The van der Waals surface area contributed by atoms with Crippen molar-refractivity contribution in [2.24, 2.45) is 11.8 Å². The first kappa shape index (κ1) is 16.8. The van der Waals surface area contributed by atoms with Gasteiger partial charge in [0.25, 0.3) is 0 Å². The van der Waals surface area contributed by atoms with E-state index in [0.717, 1.165) is 12.3 Å². The van der Waals surface area contributed by atoms with Crippen LogP contribution in [0.3, 0.4) is 0 Å². The molecule has 0 heterocycles. The summed E-state index contributed by atoms with van der Waals surface area (Å²) in [6.45, 7) is 2.84. The number of nitrogens with one attached hydrogen (secondary N) is 1. The first-order valence-corrected chi connectivity index (χ1v) is 8.72. The van der Waals surface area contributed by atoms with Gasteiger partial charge in [0.1, 0.15) is 0 Å². The fraction of sp³-hybridized carbons (Fsp3) is 0.941. The maximum Gasteiger partial charge on any atom is 0.306 e. The lowest BCUT2D eigenvalue weighted by Crippen LogP contribution is -2.49. The molecule has 0 bridgehead atoms. The summed E-state index contributed by atoms with van der Waals surface area (Å²) in [5, 5.41) is 23.3. The predicted molar refractivity (Wildman–Crippen MR) is 83.2 cm³/mol. The van der Waals surface area contributed by atoms with E-state index in [1.807, 2.05) is 0 Å². The molecule has 0 aromatic rings. The highest BCUT2D eigenvalue weighted by Crippen LogP contribution is 2.33. The summed E-state index contributed by atoms with van der Waals surface area (Å²) in [4.78, 5) is 11.0. The number of carbonyl (C=O) groups is 1. The van der Waals surface area contributed by atoms with Gasteiger partial charge in [0, 0.05) is 12.6 Å². The molecule has 2 fully saturated rings. The van der Waals surface area contributed by atoms with Gasteiger partial charge < -0.3 is 15.5 Å². The van der Waals surface area contributed by atoms with Crippen LogP contribution >= 0.6 is 0 Å². The first-order valence-electron chi connectivity index (χ1n) is 8.72. The average molecular weight is 297 g/mol. The highest BCUT2D eigenvalue weighted by Gasteiger charge is 2.36. The van der Waals surface area contributed by atoms with E-state index in [1.54, 1.807) is 0 Å². The number of carboxylic acid groups (broad SMARTS) is 1. The van der Waals surface area contributed by atoms with Gasteiger partial charge in [-0.05, 0) is 50.9 Å². The summed E-state index contributed by atoms with van der Waals surface area (Å²) in [7, 11) is 0. The molecule has 2 rings (SSSR count). The van der Waals surface area contributed by atoms with Crippen molar-refractivity contribution in [3.8, 4) is 0 Å². The Bertz CT molecular complexity index is 331. The molecular weight excluding hydrogens is 266 g/mol. The van der Waals surface area contributed by atoms with E-state index in [1.165, 1.54) is 32.1 Å². The predicted octanol–water partition coefficient (Wildman–Crippen LogP) is 2.94. The molecule has 0 aliphatic heterocycles. The Morgan fingerprint density at radius 2 is 1.81 bits per heavy atom. The van der Waals surface area contributed by atoms with Gasteiger partial charge in [0.05, 0.1) is 11.5 Å². The van der Waals surface area contributed by atoms with Crippen LogP contribution in [-0.4, -0.2) is 34.4 Å². The van der Waals surface area contributed by atoms with Gasteiger partial charge in [-0.15, -0.1) is 0 Å². The average Bonchev–Trinajstić information content (AvgIpc) is 2.49. The van der Waals surface area contributed by atoms with Gasteiger partial charge in [-0.3, -0.25) is 4.79 Å². The van der Waals surface area contributed by atoms with Crippen LogP contribution in [0.15, 0.2) is 0 Å². The molecule has 0 aromatic heterocycles. The SMILES string of the molecule is CCC(NCC1(O)CCC(C(=O)O)CC1)C1CCCCC1. The lowest BCUT2D eigenvalue weighted by Gasteiger charge is -2.38. The van der Waals surface area contributed by atoms with Crippen LogP contribution in [0.4, 0.5) is 0 Å². The second kappa shape index (κ2) is 7.59. The number of carboxylic acids is 1. The molecule has 0 aromatic carbocycles. The zero-order valence-corrected chi connectivity index (χ0v) is 13.3. The molecule has 1 atom stereocenters. The molecule has 2 saturated carbocycles. The highest BCUT2D eigenvalue weighted by molar-refractivity contribution is 5.70. The van der Waals surface area contributed by atoms with Crippen molar-refractivity contribution in [2.75, 3.05) is 6.54 Å². The van der Waals surface area contributed by atoms with Gasteiger partial charge in [-0.1, -0.05) is 26.2 Å². The Morgan fingerprint density at radius 1 is 1.19 bits per heavy atom. The van der Waals surface area contributed by atoms with Crippen molar-refractivity contribution < 1.29 is 15.0 Å². The van der Waals surface area contributed by atoms with Gasteiger partial charge in [-0.25, -0.2) is 0 Å². The zero-order chi connectivity index (χ0) is 15.3. The minimum atomic E-state index is -0.710. The van der Waals surface area contributed by atoms with Gasteiger partial charge >= 0.3 is 5.97 Å². The molecule has 0 spiro atoms. The van der Waals surface area contributed by atoms with Crippen LogP contribution in [0.1, 0.15) is 71.1 Å². The van der Waals surface area contributed by atoms with E-state index in [2.05, 4.69) is 12.2 Å². The van der Waals surface area contributed by atoms with Gasteiger partial charge in [0.2, 0.25) is 0 Å². The Labute approximate surface area is 128 Å². The lowest BCUT2D eigenvalue weighted by molar-refractivity contribution is -0.144. The Balaban J connectivity index is 1.79. The molecule has 21 heavy (non-hydrogen) atoms. The molecule has 4 nitrogen and oxygen atoms in total. The molecule has 0 amide bonds. The summed E-state index contributed by atoms with van der Waals surface area (Å²) in [5.41, 5.74) is -0.700. The number of aliphatic carboxylic acids is 1. The van der Waals surface area contributed by atoms with Gasteiger partial charge in [0.15, 0.2) is 0 Å². The fourth-order valence-corrected chi connectivity index (χ4v) is 4.08. The summed E-state index contributed by atoms with van der Waals surface area (Å²) in [6, 6.07) is 0.506. The monoisotopic (exact) mass is 297 g/mol. The smallest absolute Gasteiger partial charge is 0.306 e. The van der Waals surface area contributed by atoms with Gasteiger partial charge in [-0.2, -0.15) is 0 Å². The van der Waals surface area contributed by atoms with Crippen molar-refractivity contribution >= 4 is 5.97 Å². The third kappa shape index (κ3) is 4.68. The topological polar surface area (TPSA) is 69.6 Å². The summed E-state index contributed by atoms with van der Waals surface area (Å²) in [6.07, 6.45) is 10.2. The van der Waals surface area contributed by atoms with E-state index in [0.29, 0.717) is 38.3 Å². The van der Waals surface area contributed by atoms with Crippen molar-refractivity contribution in [3.05, 3.63) is 0 Å². The maximum absolute atomic E-state index is 11.0. The standard InChI is InChI=1S/C17H31NO3/c1-2-15(13-6-4-3-5-7-13)18-12-17(21)10-8-14(9-11-17)16(19)20/h13-15,18,21H,2-12H2,1H3,(H,19,20). The summed E-state index contributed by atoms with van der Waals surface area (Å²) >= 11 is 0. The van der Waals surface area contributed by atoms with Crippen LogP contribution in [0.5, 0.6) is 0 Å². The number of hydrogen-bond donors (Lipinski definition) is 3. The quantitative estimate of drug-likeness (QED) is 0.705. The minimum absolute atomic E-state index is 0.259. The fourth-order valence-electron chi connectivity index (χ4n) is 4.08. The van der Waals surface area contributed by atoms with E-state index in [4.69, 9.17) is 5.11 Å². The van der Waals surface area contributed by atoms with Crippen LogP contribution < -0.4 is 5.32 Å². The molecule has 2 aliphatic carbocycles. The Morgan fingerprint density at radius 3 is 2.33 bits per heavy atom. The lowest BCUT2D eigenvalue weighted by atomic mass is 9.78. The maximum atomic E-state index is 11.0. The molecule has 0 radical (unpaired) electrons. The van der Waals surface area contributed by atoms with Crippen molar-refractivity contribution in [1.29, 1.82) is 0 Å². The minimum Gasteiger partial charge on any atom is -0.481 e. The molecule has 3 N–H and O–H groups in total. The zero-order valence-electron chi connectivity index (χ0n) is 13.3. The van der Waals surface area contributed by atoms with E-state index >= 15 is 0 Å². The second-order valence-electron chi connectivity index (χ2n) is 7.13. The molecule has 2 aliphatic rings. The number of hydrogen-bond acceptors (Lipinski definition) is 3. The largest absolute Gasteiger partial charge is 0.481 e. The third-order valence-corrected chi connectivity index (χ3v) is 5.62. The van der Waals surface area contributed by atoms with Crippen LogP contribution in [0.25, 0.3) is 0 Å². The molecule has 4 heteroatoms. The molecular formula is C17H31NO3. The highest BCUT2D eigenvalue weighted by atomic mass is 16.4. The number of rotatable bonds is 6. The van der Waals surface area contributed by atoms with E-state index in [-0.39, 0.29) is 5.92 Å². The number of aliphatic hydroxyl groups is 1. The van der Waals surface area contributed by atoms with E-state index in [9.17, 15) is 9.90 Å². The van der Waals surface area contributed by atoms with Crippen molar-refractivity contribution in [3.63, 3.8) is 0 Å². The van der Waals surface area contributed by atoms with Crippen LogP contribution in [-0.2, 0) is 4.79 Å². The van der Waals surface area contributed by atoms with Crippen molar-refractivity contribution in [1.82, 2.24) is 5.32 Å². The first-order chi connectivity index (χ1) is 10.0. The Kier molecular flexibility index (Phi) is 6.06. The van der Waals surface area contributed by atoms with Crippen molar-refractivity contribution in [2.45, 2.75) is 82.8 Å². The van der Waals surface area contributed by atoms with Crippen LogP contribution in [0.2, 0.25) is 0 Å². The van der Waals surface area contributed by atoms with Crippen LogP contribution in [0, 0.1) is 11.8 Å². The second-order valence-corrected chi connectivity index (χ2v) is 7.13.